The van der Waals surface area contributed by atoms with Crippen LogP contribution in [0.25, 0.3) is 0 Å². The third-order valence-electron chi connectivity index (χ3n) is 5.79. The average molecular weight is 474 g/mol. The van der Waals surface area contributed by atoms with Gasteiger partial charge in [-0.25, -0.2) is 4.68 Å². The van der Waals surface area contributed by atoms with Gasteiger partial charge in [0, 0.05) is 25.2 Å². The molecule has 180 valence electrons. The number of benzene rings is 2. The van der Waals surface area contributed by atoms with Crippen LogP contribution in [0.3, 0.4) is 0 Å². The SMILES string of the molecule is CCOc1ccccc1CN1C[C@H](n2cnnn2)C[C@H]1C(=O)NCc1cccc(C(F)(F)F)c1. The molecule has 0 saturated carbocycles. The number of nitrogens with zero attached hydrogens (tertiary/aromatic N) is 5. The molecule has 1 aromatic heterocycles. The predicted octanol–water partition coefficient (Wildman–Crippen LogP) is 3.22. The summed E-state index contributed by atoms with van der Waals surface area (Å²) < 4.78 is 46.4. The standard InChI is InChI=1S/C23H25F3N6O2/c1-2-34-21-9-4-3-7-17(21)13-31-14-19(32-15-28-29-30-32)11-20(31)22(33)27-12-16-6-5-8-18(10-16)23(24,25)26/h3-10,15,19-20H,2,11-14H2,1H3,(H,27,33)/t19-,20+/m1/s1. The first kappa shape index (κ1) is 23.7. The highest BCUT2D eigenvalue weighted by Gasteiger charge is 2.38. The molecule has 0 spiro atoms. The van der Waals surface area contributed by atoms with E-state index in [1.54, 1.807) is 10.7 Å². The molecule has 1 aliphatic rings. The van der Waals surface area contributed by atoms with E-state index < -0.39 is 17.8 Å². The first-order valence-corrected chi connectivity index (χ1v) is 11.0. The number of halogens is 3. The Kier molecular flexibility index (Phi) is 7.11. The first-order chi connectivity index (χ1) is 16.3. The number of nitrogens with one attached hydrogen (secondary N) is 1. The molecule has 1 aliphatic heterocycles. The van der Waals surface area contributed by atoms with Gasteiger partial charge in [0.25, 0.3) is 0 Å². The van der Waals surface area contributed by atoms with Crippen LogP contribution in [0, 0.1) is 0 Å². The summed E-state index contributed by atoms with van der Waals surface area (Å²) in [6.45, 7) is 3.43. The monoisotopic (exact) mass is 474 g/mol. The molecule has 2 atom stereocenters. The fourth-order valence-electron chi connectivity index (χ4n) is 4.17. The van der Waals surface area contributed by atoms with Crippen LogP contribution in [0.1, 0.15) is 36.1 Å². The number of carbonyl (C=O) groups excluding carboxylic acids is 1. The van der Waals surface area contributed by atoms with E-state index in [0.717, 1.165) is 23.4 Å². The van der Waals surface area contributed by atoms with Crippen molar-refractivity contribution >= 4 is 5.91 Å². The van der Waals surface area contributed by atoms with E-state index in [1.165, 1.54) is 12.4 Å². The number of amides is 1. The molecule has 0 aliphatic carbocycles. The number of tetrazole rings is 1. The zero-order valence-corrected chi connectivity index (χ0v) is 18.6. The number of aromatic nitrogens is 4. The van der Waals surface area contributed by atoms with Crippen molar-refractivity contribution in [3.05, 3.63) is 71.5 Å². The molecule has 1 fully saturated rings. The summed E-state index contributed by atoms with van der Waals surface area (Å²) in [5.74, 6) is 0.487. The van der Waals surface area contributed by atoms with Crippen molar-refractivity contribution in [2.45, 2.75) is 44.7 Å². The number of hydrogen-bond donors (Lipinski definition) is 1. The highest BCUT2D eigenvalue weighted by molar-refractivity contribution is 5.82. The number of para-hydroxylation sites is 1. The lowest BCUT2D eigenvalue weighted by atomic mass is 10.1. The normalized spacial score (nSPS) is 18.7. The Bertz CT molecular complexity index is 1110. The summed E-state index contributed by atoms with van der Waals surface area (Å²) in [5, 5.41) is 14.2. The van der Waals surface area contributed by atoms with Crippen LogP contribution < -0.4 is 10.1 Å². The summed E-state index contributed by atoms with van der Waals surface area (Å²) in [6, 6.07) is 12.0. The van der Waals surface area contributed by atoms with Crippen molar-refractivity contribution in [1.29, 1.82) is 0 Å². The van der Waals surface area contributed by atoms with Gasteiger partial charge >= 0.3 is 6.18 Å². The van der Waals surface area contributed by atoms with Gasteiger partial charge < -0.3 is 10.1 Å². The predicted molar refractivity (Wildman–Crippen MR) is 117 cm³/mol. The molecule has 2 heterocycles. The van der Waals surface area contributed by atoms with Gasteiger partial charge in [0.1, 0.15) is 12.1 Å². The minimum absolute atomic E-state index is 0.00181. The number of rotatable bonds is 8. The minimum Gasteiger partial charge on any atom is -0.494 e. The molecule has 1 amide bonds. The maximum Gasteiger partial charge on any atom is 0.416 e. The van der Waals surface area contributed by atoms with Crippen molar-refractivity contribution in [1.82, 2.24) is 30.4 Å². The topological polar surface area (TPSA) is 85.2 Å². The van der Waals surface area contributed by atoms with Gasteiger partial charge in [-0.1, -0.05) is 30.3 Å². The summed E-state index contributed by atoms with van der Waals surface area (Å²) in [5.41, 5.74) is 0.580. The Morgan fingerprint density at radius 3 is 2.76 bits per heavy atom. The first-order valence-electron chi connectivity index (χ1n) is 11.0. The van der Waals surface area contributed by atoms with Crippen molar-refractivity contribution in [3.8, 4) is 5.75 Å². The number of ether oxygens (including phenoxy) is 1. The highest BCUT2D eigenvalue weighted by atomic mass is 19.4. The molecule has 11 heteroatoms. The second-order valence-corrected chi connectivity index (χ2v) is 8.08. The van der Waals surface area contributed by atoms with E-state index in [4.69, 9.17) is 4.74 Å². The second-order valence-electron chi connectivity index (χ2n) is 8.08. The van der Waals surface area contributed by atoms with Crippen LogP contribution in [-0.4, -0.2) is 50.2 Å². The lowest BCUT2D eigenvalue weighted by Crippen LogP contribution is -2.42. The van der Waals surface area contributed by atoms with Crippen LogP contribution in [0.4, 0.5) is 13.2 Å². The van der Waals surface area contributed by atoms with Gasteiger partial charge in [-0.3, -0.25) is 9.69 Å². The molecule has 0 radical (unpaired) electrons. The van der Waals surface area contributed by atoms with Crippen LogP contribution in [-0.2, 0) is 24.1 Å². The fraction of sp³-hybridized carbons (Fsp3) is 0.391. The molecule has 3 aromatic rings. The molecule has 1 N–H and O–H groups in total. The lowest BCUT2D eigenvalue weighted by Gasteiger charge is -2.24. The molecule has 34 heavy (non-hydrogen) atoms. The Morgan fingerprint density at radius 2 is 2.03 bits per heavy atom. The number of carbonyl (C=O) groups is 1. The van der Waals surface area contributed by atoms with Gasteiger partial charge in [-0.2, -0.15) is 13.2 Å². The Balaban J connectivity index is 1.49. The van der Waals surface area contributed by atoms with E-state index in [0.29, 0.717) is 31.7 Å². The van der Waals surface area contributed by atoms with Crippen LogP contribution in [0.15, 0.2) is 54.9 Å². The Hall–Kier alpha value is -3.47. The third kappa shape index (κ3) is 5.53. The molecular weight excluding hydrogens is 449 g/mol. The van der Waals surface area contributed by atoms with Gasteiger partial charge in [0.2, 0.25) is 5.91 Å². The van der Waals surface area contributed by atoms with E-state index in [2.05, 4.69) is 20.8 Å². The number of hydrogen-bond acceptors (Lipinski definition) is 6. The van der Waals surface area contributed by atoms with Crippen molar-refractivity contribution < 1.29 is 22.7 Å². The summed E-state index contributed by atoms with van der Waals surface area (Å²) in [4.78, 5) is 15.2. The van der Waals surface area contributed by atoms with Crippen LogP contribution >= 0.6 is 0 Å². The highest BCUT2D eigenvalue weighted by Crippen LogP contribution is 2.31. The second kappa shape index (κ2) is 10.2. The zero-order chi connectivity index (χ0) is 24.1. The summed E-state index contributed by atoms with van der Waals surface area (Å²) in [7, 11) is 0. The van der Waals surface area contributed by atoms with Gasteiger partial charge in [-0.15, -0.1) is 5.10 Å². The molecule has 1 saturated heterocycles. The third-order valence-corrected chi connectivity index (χ3v) is 5.79. The maximum atomic E-state index is 13.2. The quantitative estimate of drug-likeness (QED) is 0.540. The molecule has 0 bridgehead atoms. The van der Waals surface area contributed by atoms with E-state index in [1.807, 2.05) is 36.1 Å². The number of likely N-dealkylation sites (tertiary alicyclic amines) is 1. The Morgan fingerprint density at radius 1 is 1.21 bits per heavy atom. The smallest absolute Gasteiger partial charge is 0.416 e. The summed E-state index contributed by atoms with van der Waals surface area (Å²) in [6.07, 6.45) is -2.45. The average Bonchev–Trinajstić information content (AvgIpc) is 3.49. The molecule has 0 unspecified atom stereocenters. The molecule has 4 rings (SSSR count). The maximum absolute atomic E-state index is 13.2. The molecule has 2 aromatic carbocycles. The zero-order valence-electron chi connectivity index (χ0n) is 18.6. The fourth-order valence-corrected chi connectivity index (χ4v) is 4.17. The molecular formula is C23H25F3N6O2. The number of alkyl halides is 3. The van der Waals surface area contributed by atoms with E-state index in [9.17, 15) is 18.0 Å². The van der Waals surface area contributed by atoms with Crippen molar-refractivity contribution in [3.63, 3.8) is 0 Å². The van der Waals surface area contributed by atoms with E-state index >= 15 is 0 Å². The van der Waals surface area contributed by atoms with Gasteiger partial charge in [-0.05, 0) is 47.5 Å². The van der Waals surface area contributed by atoms with Crippen molar-refractivity contribution in [2.75, 3.05) is 13.2 Å². The Labute approximate surface area is 194 Å². The molecule has 8 nitrogen and oxygen atoms in total. The van der Waals surface area contributed by atoms with Crippen LogP contribution in [0.5, 0.6) is 5.75 Å². The summed E-state index contributed by atoms with van der Waals surface area (Å²) >= 11 is 0. The van der Waals surface area contributed by atoms with Gasteiger partial charge in [0.05, 0.1) is 24.3 Å². The minimum atomic E-state index is -4.44. The van der Waals surface area contributed by atoms with E-state index in [-0.39, 0.29) is 18.5 Å². The lowest BCUT2D eigenvalue weighted by molar-refractivity contribution is -0.137. The van der Waals surface area contributed by atoms with Crippen LogP contribution in [0.2, 0.25) is 0 Å². The van der Waals surface area contributed by atoms with Crippen molar-refractivity contribution in [2.24, 2.45) is 0 Å². The largest absolute Gasteiger partial charge is 0.494 e. The van der Waals surface area contributed by atoms with Gasteiger partial charge in [0.15, 0.2) is 0 Å².